The lowest BCUT2D eigenvalue weighted by molar-refractivity contribution is 0.165. The molecule has 1 N–H and O–H groups in total. The van der Waals surface area contributed by atoms with Crippen LogP contribution < -0.4 is 0 Å². The van der Waals surface area contributed by atoms with Crippen LogP contribution in [0.5, 0.6) is 0 Å². The molecule has 2 heteroatoms. The van der Waals surface area contributed by atoms with Crippen LogP contribution in [-0.2, 0) is 12.8 Å². The van der Waals surface area contributed by atoms with Crippen molar-refractivity contribution in [3.05, 3.63) is 66.0 Å². The van der Waals surface area contributed by atoms with Gasteiger partial charge in [0.25, 0.3) is 0 Å². The third kappa shape index (κ3) is 4.00. The summed E-state index contributed by atoms with van der Waals surface area (Å²) < 4.78 is 0. The lowest BCUT2D eigenvalue weighted by Crippen LogP contribution is -2.11. The Morgan fingerprint density at radius 1 is 1.00 bits per heavy atom. The summed E-state index contributed by atoms with van der Waals surface area (Å²) in [4.78, 5) is 4.06. The molecule has 17 heavy (non-hydrogen) atoms. The highest BCUT2D eigenvalue weighted by Crippen LogP contribution is 2.09. The Hall–Kier alpha value is -1.67. The molecule has 88 valence electrons. The Kier molecular flexibility index (Phi) is 4.28. The van der Waals surface area contributed by atoms with Gasteiger partial charge < -0.3 is 5.11 Å². The summed E-state index contributed by atoms with van der Waals surface area (Å²) in [6.07, 6.45) is 5.72. The van der Waals surface area contributed by atoms with Gasteiger partial charge in [0.05, 0.1) is 6.10 Å². The fourth-order valence-corrected chi connectivity index (χ4v) is 1.87. The molecule has 1 aromatic carbocycles. The number of aliphatic hydroxyl groups excluding tert-OH is 1. The van der Waals surface area contributed by atoms with Gasteiger partial charge in [0.1, 0.15) is 0 Å². The van der Waals surface area contributed by atoms with Crippen LogP contribution >= 0.6 is 0 Å². The standard InChI is InChI=1S/C15H17NO/c17-15(11-13-5-2-1-3-6-13)9-8-14-7-4-10-16-12-14/h1-7,10,12,15,17H,8-9,11H2. The monoisotopic (exact) mass is 227 g/mol. The maximum absolute atomic E-state index is 9.94. The molecule has 0 amide bonds. The summed E-state index contributed by atoms with van der Waals surface area (Å²) in [5, 5.41) is 9.94. The maximum atomic E-state index is 9.94. The number of nitrogens with zero attached hydrogens (tertiary/aromatic N) is 1. The van der Waals surface area contributed by atoms with Crippen LogP contribution in [0.15, 0.2) is 54.9 Å². The van der Waals surface area contributed by atoms with E-state index in [9.17, 15) is 5.11 Å². The minimum absolute atomic E-state index is 0.280. The Labute approximate surface area is 102 Å². The zero-order chi connectivity index (χ0) is 11.9. The quantitative estimate of drug-likeness (QED) is 0.851. The molecule has 0 aliphatic carbocycles. The molecule has 1 atom stereocenters. The van der Waals surface area contributed by atoms with Gasteiger partial charge in [0.2, 0.25) is 0 Å². The van der Waals surface area contributed by atoms with E-state index in [0.29, 0.717) is 0 Å². The van der Waals surface area contributed by atoms with Gasteiger partial charge in [-0.15, -0.1) is 0 Å². The highest BCUT2D eigenvalue weighted by Gasteiger charge is 2.05. The highest BCUT2D eigenvalue weighted by molar-refractivity contribution is 5.15. The number of hydrogen-bond donors (Lipinski definition) is 1. The smallest absolute Gasteiger partial charge is 0.0583 e. The van der Waals surface area contributed by atoms with Gasteiger partial charge in [-0.05, 0) is 36.5 Å². The summed E-state index contributed by atoms with van der Waals surface area (Å²) in [6, 6.07) is 14.1. The fourth-order valence-electron chi connectivity index (χ4n) is 1.87. The maximum Gasteiger partial charge on any atom is 0.0583 e. The SMILES string of the molecule is OC(CCc1cccnc1)Cc1ccccc1. The predicted octanol–water partition coefficient (Wildman–Crippen LogP) is 2.62. The first kappa shape index (κ1) is 11.8. The van der Waals surface area contributed by atoms with Gasteiger partial charge in [0.15, 0.2) is 0 Å². The van der Waals surface area contributed by atoms with E-state index in [4.69, 9.17) is 0 Å². The average molecular weight is 227 g/mol. The summed E-state index contributed by atoms with van der Waals surface area (Å²) in [5.41, 5.74) is 2.37. The molecule has 2 rings (SSSR count). The molecule has 0 aliphatic heterocycles. The molecule has 0 bridgehead atoms. The zero-order valence-corrected chi connectivity index (χ0v) is 9.79. The third-order valence-electron chi connectivity index (χ3n) is 2.80. The molecular weight excluding hydrogens is 210 g/mol. The minimum Gasteiger partial charge on any atom is -0.393 e. The topological polar surface area (TPSA) is 33.1 Å². The van der Waals surface area contributed by atoms with Crippen LogP contribution in [0.2, 0.25) is 0 Å². The molecule has 0 saturated heterocycles. The third-order valence-corrected chi connectivity index (χ3v) is 2.80. The van der Waals surface area contributed by atoms with Crippen LogP contribution in [-0.4, -0.2) is 16.2 Å². The zero-order valence-electron chi connectivity index (χ0n) is 9.79. The first-order valence-electron chi connectivity index (χ1n) is 5.95. The van der Waals surface area contributed by atoms with E-state index in [2.05, 4.69) is 4.98 Å². The van der Waals surface area contributed by atoms with Crippen molar-refractivity contribution in [1.82, 2.24) is 4.98 Å². The van der Waals surface area contributed by atoms with Gasteiger partial charge in [-0.1, -0.05) is 36.4 Å². The van der Waals surface area contributed by atoms with E-state index in [1.807, 2.05) is 48.7 Å². The summed E-state index contributed by atoms with van der Waals surface area (Å²) in [5.74, 6) is 0. The second-order valence-electron chi connectivity index (χ2n) is 4.24. The van der Waals surface area contributed by atoms with Crippen molar-refractivity contribution in [3.63, 3.8) is 0 Å². The second kappa shape index (κ2) is 6.16. The molecule has 0 saturated carbocycles. The molecule has 0 fully saturated rings. The van der Waals surface area contributed by atoms with Crippen molar-refractivity contribution < 1.29 is 5.11 Å². The number of hydrogen-bond acceptors (Lipinski definition) is 2. The minimum atomic E-state index is -0.280. The number of pyridine rings is 1. The van der Waals surface area contributed by atoms with Gasteiger partial charge in [0, 0.05) is 12.4 Å². The molecular formula is C15H17NO. The lowest BCUT2D eigenvalue weighted by atomic mass is 10.0. The summed E-state index contributed by atoms with van der Waals surface area (Å²) in [7, 11) is 0. The lowest BCUT2D eigenvalue weighted by Gasteiger charge is -2.10. The normalized spacial score (nSPS) is 12.3. The summed E-state index contributed by atoms with van der Waals surface area (Å²) in [6.45, 7) is 0. The van der Waals surface area contributed by atoms with Gasteiger partial charge in [-0.3, -0.25) is 4.98 Å². The van der Waals surface area contributed by atoms with Crippen LogP contribution in [0.4, 0.5) is 0 Å². The first-order valence-corrected chi connectivity index (χ1v) is 5.95. The van der Waals surface area contributed by atoms with Crippen LogP contribution in [0.1, 0.15) is 17.5 Å². The second-order valence-corrected chi connectivity index (χ2v) is 4.24. The van der Waals surface area contributed by atoms with E-state index >= 15 is 0 Å². The van der Waals surface area contributed by atoms with Crippen molar-refractivity contribution in [3.8, 4) is 0 Å². The van der Waals surface area contributed by atoms with Crippen LogP contribution in [0.25, 0.3) is 0 Å². The Morgan fingerprint density at radius 2 is 1.76 bits per heavy atom. The Bertz CT molecular complexity index is 427. The largest absolute Gasteiger partial charge is 0.393 e. The molecule has 0 radical (unpaired) electrons. The molecule has 2 nitrogen and oxygen atoms in total. The van der Waals surface area contributed by atoms with Gasteiger partial charge >= 0.3 is 0 Å². The fraction of sp³-hybridized carbons (Fsp3) is 0.267. The molecule has 1 aromatic heterocycles. The molecule has 2 aromatic rings. The first-order chi connectivity index (χ1) is 8.34. The van der Waals surface area contributed by atoms with E-state index < -0.39 is 0 Å². The molecule has 1 unspecified atom stereocenters. The van der Waals surface area contributed by atoms with Crippen molar-refractivity contribution in [2.75, 3.05) is 0 Å². The predicted molar refractivity (Wildman–Crippen MR) is 68.7 cm³/mol. The van der Waals surface area contributed by atoms with E-state index in [1.54, 1.807) is 6.20 Å². The number of aryl methyl sites for hydroxylation is 1. The highest BCUT2D eigenvalue weighted by atomic mass is 16.3. The van der Waals surface area contributed by atoms with Crippen LogP contribution in [0.3, 0.4) is 0 Å². The number of rotatable bonds is 5. The molecule has 1 heterocycles. The van der Waals surface area contributed by atoms with E-state index in [0.717, 1.165) is 19.3 Å². The van der Waals surface area contributed by atoms with Crippen molar-refractivity contribution >= 4 is 0 Å². The summed E-state index contributed by atoms with van der Waals surface area (Å²) >= 11 is 0. The van der Waals surface area contributed by atoms with E-state index in [-0.39, 0.29) is 6.10 Å². The van der Waals surface area contributed by atoms with Crippen LogP contribution in [0, 0.1) is 0 Å². The van der Waals surface area contributed by atoms with Crippen molar-refractivity contribution in [1.29, 1.82) is 0 Å². The van der Waals surface area contributed by atoms with E-state index in [1.165, 1.54) is 11.1 Å². The van der Waals surface area contributed by atoms with Gasteiger partial charge in [-0.25, -0.2) is 0 Å². The number of aliphatic hydroxyl groups is 1. The van der Waals surface area contributed by atoms with Gasteiger partial charge in [-0.2, -0.15) is 0 Å². The molecule has 0 spiro atoms. The van der Waals surface area contributed by atoms with Crippen molar-refractivity contribution in [2.45, 2.75) is 25.4 Å². The van der Waals surface area contributed by atoms with Crippen molar-refractivity contribution in [2.24, 2.45) is 0 Å². The Morgan fingerprint density at radius 3 is 2.47 bits per heavy atom. The Balaban J connectivity index is 1.80. The molecule has 0 aliphatic rings. The number of benzene rings is 1. The average Bonchev–Trinajstić information content (AvgIpc) is 2.39. The number of aromatic nitrogens is 1.